The van der Waals surface area contributed by atoms with Gasteiger partial charge < -0.3 is 5.73 Å². The molecule has 2 aromatic rings. The molecule has 5 nitrogen and oxygen atoms in total. The molecule has 21 heavy (non-hydrogen) atoms. The standard InChI is InChI=1S/C15H18BrN5/c16-11-8-5-9-18-12(11)14-19-13(20-15(17)21-14)10-6-3-1-2-4-7-10/h5,8-10H,1-4,6-7H2,(H2,17,19,20,21). The number of nitrogens with two attached hydrogens (primary N) is 1. The van der Waals surface area contributed by atoms with Crippen LogP contribution >= 0.6 is 15.9 Å². The zero-order chi connectivity index (χ0) is 14.7. The van der Waals surface area contributed by atoms with Crippen molar-refractivity contribution in [1.29, 1.82) is 0 Å². The highest BCUT2D eigenvalue weighted by Gasteiger charge is 2.20. The molecule has 0 aliphatic heterocycles. The van der Waals surface area contributed by atoms with Gasteiger partial charge in [-0.25, -0.2) is 4.98 Å². The van der Waals surface area contributed by atoms with Crippen LogP contribution < -0.4 is 5.73 Å². The van der Waals surface area contributed by atoms with Crippen LogP contribution in [0.15, 0.2) is 22.8 Å². The Labute approximate surface area is 132 Å². The van der Waals surface area contributed by atoms with Gasteiger partial charge in [0.05, 0.1) is 0 Å². The van der Waals surface area contributed by atoms with Crippen molar-refractivity contribution in [2.45, 2.75) is 44.4 Å². The van der Waals surface area contributed by atoms with E-state index in [1.807, 2.05) is 12.1 Å². The largest absolute Gasteiger partial charge is 0.368 e. The van der Waals surface area contributed by atoms with Gasteiger partial charge in [0.25, 0.3) is 0 Å². The van der Waals surface area contributed by atoms with Gasteiger partial charge >= 0.3 is 0 Å². The molecule has 6 heteroatoms. The molecule has 0 radical (unpaired) electrons. The van der Waals surface area contributed by atoms with Crippen LogP contribution in [-0.4, -0.2) is 19.9 Å². The molecule has 110 valence electrons. The minimum absolute atomic E-state index is 0.275. The van der Waals surface area contributed by atoms with Crippen LogP contribution in [0.5, 0.6) is 0 Å². The molecule has 0 atom stereocenters. The third-order valence-corrected chi connectivity index (χ3v) is 4.50. The van der Waals surface area contributed by atoms with Crippen molar-refractivity contribution in [1.82, 2.24) is 19.9 Å². The first-order valence-electron chi connectivity index (χ1n) is 7.36. The molecule has 0 spiro atoms. The van der Waals surface area contributed by atoms with Gasteiger partial charge in [0.15, 0.2) is 5.82 Å². The maximum Gasteiger partial charge on any atom is 0.223 e. The number of pyridine rings is 1. The maximum atomic E-state index is 5.89. The SMILES string of the molecule is Nc1nc(-c2ncccc2Br)nc(C2CCCCCC2)n1. The number of anilines is 1. The lowest BCUT2D eigenvalue weighted by Crippen LogP contribution is -2.10. The van der Waals surface area contributed by atoms with Gasteiger partial charge in [-0.1, -0.05) is 25.7 Å². The second kappa shape index (κ2) is 6.47. The van der Waals surface area contributed by atoms with E-state index < -0.39 is 0 Å². The van der Waals surface area contributed by atoms with Crippen LogP contribution in [0, 0.1) is 0 Å². The first-order chi connectivity index (χ1) is 10.2. The van der Waals surface area contributed by atoms with Crippen LogP contribution in [-0.2, 0) is 0 Å². The number of halogens is 1. The Bertz CT molecular complexity index is 623. The molecule has 2 heterocycles. The fourth-order valence-corrected chi connectivity index (χ4v) is 3.22. The van der Waals surface area contributed by atoms with E-state index in [2.05, 4.69) is 35.9 Å². The van der Waals surface area contributed by atoms with Crippen molar-refractivity contribution in [3.8, 4) is 11.5 Å². The molecule has 0 unspecified atom stereocenters. The molecule has 1 aliphatic carbocycles. The highest BCUT2D eigenvalue weighted by Crippen LogP contribution is 2.31. The second-order valence-electron chi connectivity index (χ2n) is 5.40. The minimum atomic E-state index is 0.275. The van der Waals surface area contributed by atoms with Crippen molar-refractivity contribution in [2.24, 2.45) is 0 Å². The van der Waals surface area contributed by atoms with E-state index in [1.54, 1.807) is 6.20 Å². The lowest BCUT2D eigenvalue weighted by Gasteiger charge is -2.13. The summed E-state index contributed by atoms with van der Waals surface area (Å²) in [6, 6.07) is 3.79. The molecule has 1 saturated carbocycles. The van der Waals surface area contributed by atoms with Crippen LogP contribution in [0.4, 0.5) is 5.95 Å². The van der Waals surface area contributed by atoms with Gasteiger partial charge in [-0.3, -0.25) is 4.98 Å². The first kappa shape index (κ1) is 14.4. The summed E-state index contributed by atoms with van der Waals surface area (Å²) < 4.78 is 0.863. The van der Waals surface area contributed by atoms with E-state index in [0.717, 1.165) is 23.1 Å². The van der Waals surface area contributed by atoms with Gasteiger partial charge in [0.2, 0.25) is 5.95 Å². The number of hydrogen-bond acceptors (Lipinski definition) is 5. The number of rotatable bonds is 2. The summed E-state index contributed by atoms with van der Waals surface area (Å²) in [6.45, 7) is 0. The Kier molecular flexibility index (Phi) is 4.43. The van der Waals surface area contributed by atoms with E-state index >= 15 is 0 Å². The minimum Gasteiger partial charge on any atom is -0.368 e. The Morgan fingerprint density at radius 2 is 1.81 bits per heavy atom. The van der Waals surface area contributed by atoms with Crippen LogP contribution in [0.3, 0.4) is 0 Å². The monoisotopic (exact) mass is 347 g/mol. The average Bonchev–Trinajstić information content (AvgIpc) is 2.76. The lowest BCUT2D eigenvalue weighted by atomic mass is 9.99. The molecule has 3 rings (SSSR count). The van der Waals surface area contributed by atoms with E-state index in [0.29, 0.717) is 17.4 Å². The zero-order valence-corrected chi connectivity index (χ0v) is 13.4. The quantitative estimate of drug-likeness (QED) is 0.837. The Hall–Kier alpha value is -1.56. The van der Waals surface area contributed by atoms with Crippen molar-refractivity contribution < 1.29 is 0 Å². The van der Waals surface area contributed by atoms with Crippen LogP contribution in [0.2, 0.25) is 0 Å². The lowest BCUT2D eigenvalue weighted by molar-refractivity contribution is 0.559. The van der Waals surface area contributed by atoms with Crippen molar-refractivity contribution in [3.63, 3.8) is 0 Å². The molecular formula is C15H18BrN5. The topological polar surface area (TPSA) is 77.6 Å². The summed E-state index contributed by atoms with van der Waals surface area (Å²) in [5, 5.41) is 0. The molecule has 0 saturated heterocycles. The highest BCUT2D eigenvalue weighted by atomic mass is 79.9. The number of nitrogen functional groups attached to an aromatic ring is 1. The molecule has 2 aromatic heterocycles. The van der Waals surface area contributed by atoms with Gasteiger partial charge in [0, 0.05) is 16.6 Å². The third kappa shape index (κ3) is 3.37. The van der Waals surface area contributed by atoms with E-state index in [1.165, 1.54) is 25.7 Å². The van der Waals surface area contributed by atoms with E-state index in [4.69, 9.17) is 5.73 Å². The average molecular weight is 348 g/mol. The molecule has 0 amide bonds. The third-order valence-electron chi connectivity index (χ3n) is 3.86. The fraction of sp³-hybridized carbons (Fsp3) is 0.467. The number of hydrogen-bond donors (Lipinski definition) is 1. The molecule has 0 bridgehead atoms. The van der Waals surface area contributed by atoms with Crippen molar-refractivity contribution >= 4 is 21.9 Å². The van der Waals surface area contributed by atoms with E-state index in [-0.39, 0.29) is 5.95 Å². The molecular weight excluding hydrogens is 330 g/mol. The van der Waals surface area contributed by atoms with Gasteiger partial charge in [-0.2, -0.15) is 9.97 Å². The number of aromatic nitrogens is 4. The van der Waals surface area contributed by atoms with Crippen LogP contribution in [0.25, 0.3) is 11.5 Å². The maximum absolute atomic E-state index is 5.89. The highest BCUT2D eigenvalue weighted by molar-refractivity contribution is 9.10. The Balaban J connectivity index is 1.98. The summed E-state index contributed by atoms with van der Waals surface area (Å²) in [6.07, 6.45) is 9.06. The number of nitrogens with zero attached hydrogens (tertiary/aromatic N) is 4. The van der Waals surface area contributed by atoms with Gasteiger partial charge in [-0.05, 0) is 40.9 Å². The van der Waals surface area contributed by atoms with Crippen LogP contribution in [0.1, 0.15) is 50.3 Å². The summed E-state index contributed by atoms with van der Waals surface area (Å²) in [5.74, 6) is 2.03. The summed E-state index contributed by atoms with van der Waals surface area (Å²) in [7, 11) is 0. The Morgan fingerprint density at radius 3 is 2.52 bits per heavy atom. The summed E-state index contributed by atoms with van der Waals surface area (Å²) in [5.41, 5.74) is 6.60. The molecule has 1 fully saturated rings. The predicted octanol–water partition coefficient (Wildman–Crippen LogP) is 3.72. The summed E-state index contributed by atoms with van der Waals surface area (Å²) in [4.78, 5) is 17.6. The van der Waals surface area contributed by atoms with E-state index in [9.17, 15) is 0 Å². The summed E-state index contributed by atoms with van der Waals surface area (Å²) >= 11 is 3.49. The second-order valence-corrected chi connectivity index (χ2v) is 6.25. The fourth-order valence-electron chi connectivity index (χ4n) is 2.79. The van der Waals surface area contributed by atoms with Gasteiger partial charge in [-0.15, -0.1) is 0 Å². The molecule has 0 aromatic carbocycles. The van der Waals surface area contributed by atoms with Gasteiger partial charge in [0.1, 0.15) is 11.5 Å². The molecule has 1 aliphatic rings. The smallest absolute Gasteiger partial charge is 0.223 e. The zero-order valence-electron chi connectivity index (χ0n) is 11.8. The van der Waals surface area contributed by atoms with Crippen molar-refractivity contribution in [2.75, 3.05) is 5.73 Å². The predicted molar refractivity (Wildman–Crippen MR) is 85.6 cm³/mol. The Morgan fingerprint density at radius 1 is 1.05 bits per heavy atom. The van der Waals surface area contributed by atoms with Crippen molar-refractivity contribution in [3.05, 3.63) is 28.6 Å². The first-order valence-corrected chi connectivity index (χ1v) is 8.15. The molecule has 2 N–H and O–H groups in total. The normalized spacial score (nSPS) is 16.6.